The highest BCUT2D eigenvalue weighted by atomic mass is 19.4. The Balaban J connectivity index is 0.000000323. The van der Waals surface area contributed by atoms with Gasteiger partial charge in [-0.15, -0.1) is 0 Å². The first-order valence-electron chi connectivity index (χ1n) is 8.59. The maximum absolute atomic E-state index is 12.8. The fourth-order valence-corrected chi connectivity index (χ4v) is 2.61. The van der Waals surface area contributed by atoms with Crippen molar-refractivity contribution >= 4 is 11.4 Å². The van der Waals surface area contributed by atoms with Gasteiger partial charge in [-0.2, -0.15) is 26.3 Å². The van der Waals surface area contributed by atoms with Crippen molar-refractivity contribution in [3.63, 3.8) is 0 Å². The van der Waals surface area contributed by atoms with Crippen LogP contribution in [0.5, 0.6) is 0 Å². The van der Waals surface area contributed by atoms with Gasteiger partial charge in [-0.3, -0.25) is 25.1 Å². The van der Waals surface area contributed by atoms with E-state index in [0.717, 1.165) is 35.2 Å². The van der Waals surface area contributed by atoms with Crippen LogP contribution in [0.1, 0.15) is 23.2 Å². The molecule has 0 aliphatic carbocycles. The number of hydrogen-bond donors (Lipinski definition) is 1. The van der Waals surface area contributed by atoms with Crippen molar-refractivity contribution in [2.24, 2.45) is 5.73 Å². The Morgan fingerprint density at radius 1 is 0.812 bits per heavy atom. The van der Waals surface area contributed by atoms with Crippen LogP contribution in [0.15, 0.2) is 48.5 Å². The van der Waals surface area contributed by atoms with Crippen LogP contribution in [-0.4, -0.2) is 41.2 Å². The van der Waals surface area contributed by atoms with Gasteiger partial charge in [0.25, 0.3) is 11.4 Å². The molecule has 0 amide bonds. The molecule has 14 heteroatoms. The second-order valence-electron chi connectivity index (χ2n) is 6.63. The average Bonchev–Trinajstić information content (AvgIpc) is 2.66. The highest BCUT2D eigenvalue weighted by molar-refractivity contribution is 5.37. The number of rotatable bonds is 5. The molecule has 2 aromatic carbocycles. The topological polar surface area (TPSA) is 116 Å². The number of halogens is 6. The SMILES string of the molecule is CN(C)C(c1cccc([N+](=O)[O-])c1)C(F)(F)F.NC(c1cccc([N+](=O)[O-])c1)C(F)(F)F. The molecule has 0 aliphatic rings. The second kappa shape index (κ2) is 10.4. The summed E-state index contributed by atoms with van der Waals surface area (Å²) in [6, 6.07) is 4.72. The zero-order chi connectivity index (χ0) is 24.9. The van der Waals surface area contributed by atoms with Gasteiger partial charge in [-0.05, 0) is 25.2 Å². The molecule has 0 radical (unpaired) electrons. The van der Waals surface area contributed by atoms with E-state index in [2.05, 4.69) is 0 Å². The Kier molecular flexibility index (Phi) is 8.67. The smallest absolute Gasteiger partial charge is 0.316 e. The van der Waals surface area contributed by atoms with Crippen LogP contribution in [0.25, 0.3) is 0 Å². The summed E-state index contributed by atoms with van der Waals surface area (Å²) < 4.78 is 74.9. The molecule has 8 nitrogen and oxygen atoms in total. The molecule has 0 saturated carbocycles. The summed E-state index contributed by atoms with van der Waals surface area (Å²) in [6.45, 7) is 0. The van der Waals surface area contributed by atoms with Crippen LogP contribution in [-0.2, 0) is 0 Å². The lowest BCUT2D eigenvalue weighted by Gasteiger charge is -2.26. The summed E-state index contributed by atoms with van der Waals surface area (Å²) in [7, 11) is 2.55. The predicted molar refractivity (Wildman–Crippen MR) is 102 cm³/mol. The van der Waals surface area contributed by atoms with Crippen molar-refractivity contribution in [1.82, 2.24) is 4.90 Å². The maximum atomic E-state index is 12.8. The van der Waals surface area contributed by atoms with Crippen molar-refractivity contribution in [1.29, 1.82) is 0 Å². The highest BCUT2D eigenvalue weighted by Gasteiger charge is 2.42. The predicted octanol–water partition coefficient (Wildman–Crippen LogP) is 4.92. The number of benzene rings is 2. The number of hydrogen-bond acceptors (Lipinski definition) is 6. The molecular weight excluding hydrogens is 450 g/mol. The Labute approximate surface area is 177 Å². The van der Waals surface area contributed by atoms with Crippen LogP contribution in [0, 0.1) is 20.2 Å². The minimum Gasteiger partial charge on any atom is -0.316 e. The van der Waals surface area contributed by atoms with Gasteiger partial charge in [0.05, 0.1) is 9.85 Å². The van der Waals surface area contributed by atoms with E-state index in [1.165, 1.54) is 32.3 Å². The first-order chi connectivity index (χ1) is 14.6. The van der Waals surface area contributed by atoms with Crippen molar-refractivity contribution in [2.75, 3.05) is 14.1 Å². The van der Waals surface area contributed by atoms with Crippen molar-refractivity contribution in [3.8, 4) is 0 Å². The molecular formula is C18H18F6N4O4. The van der Waals surface area contributed by atoms with E-state index in [0.29, 0.717) is 0 Å². The lowest BCUT2D eigenvalue weighted by molar-refractivity contribution is -0.385. The summed E-state index contributed by atoms with van der Waals surface area (Å²) in [5.74, 6) is 0. The standard InChI is InChI=1S/C10H11F3N2O2.C8H7F3N2O2/c1-14(2)9(10(11,12)13)7-4-3-5-8(6-7)15(16)17;9-8(10,11)7(12)5-2-1-3-6(4-5)13(14)15/h3-6,9H,1-2H3;1-4,7H,12H2. The van der Waals surface area contributed by atoms with E-state index in [1.54, 1.807) is 0 Å². The quantitative estimate of drug-likeness (QED) is 0.379. The Morgan fingerprint density at radius 3 is 1.56 bits per heavy atom. The molecule has 2 N–H and O–H groups in total. The minimum atomic E-state index is -4.60. The van der Waals surface area contributed by atoms with E-state index in [1.807, 2.05) is 0 Å². The molecule has 32 heavy (non-hydrogen) atoms. The number of alkyl halides is 6. The average molecular weight is 468 g/mol. The van der Waals surface area contributed by atoms with Gasteiger partial charge in [-0.25, -0.2) is 0 Å². The molecule has 2 atom stereocenters. The maximum Gasteiger partial charge on any atom is 0.408 e. The van der Waals surface area contributed by atoms with Gasteiger partial charge < -0.3 is 5.73 Å². The van der Waals surface area contributed by atoms with Crippen LogP contribution in [0.3, 0.4) is 0 Å². The third-order valence-corrected chi connectivity index (χ3v) is 4.02. The molecule has 0 bridgehead atoms. The molecule has 0 fully saturated rings. The van der Waals surface area contributed by atoms with E-state index in [-0.39, 0.29) is 16.8 Å². The van der Waals surface area contributed by atoms with Gasteiger partial charge in [-0.1, -0.05) is 24.3 Å². The summed E-state index contributed by atoms with van der Waals surface area (Å²) in [5.41, 5.74) is 3.67. The fourth-order valence-electron chi connectivity index (χ4n) is 2.61. The number of non-ortho nitro benzene ring substituents is 2. The van der Waals surface area contributed by atoms with Crippen LogP contribution in [0.4, 0.5) is 37.7 Å². The van der Waals surface area contributed by atoms with E-state index >= 15 is 0 Å². The van der Waals surface area contributed by atoms with Gasteiger partial charge >= 0.3 is 12.4 Å². The summed E-state index contributed by atoms with van der Waals surface area (Å²) in [4.78, 5) is 20.3. The molecule has 2 unspecified atom stereocenters. The summed E-state index contributed by atoms with van der Waals surface area (Å²) in [6.07, 6.45) is -9.08. The van der Waals surface area contributed by atoms with Gasteiger partial charge in [0.15, 0.2) is 0 Å². The van der Waals surface area contributed by atoms with Gasteiger partial charge in [0, 0.05) is 24.3 Å². The number of nitrogens with zero attached hydrogens (tertiary/aromatic N) is 3. The van der Waals surface area contributed by atoms with Crippen LogP contribution in [0.2, 0.25) is 0 Å². The zero-order valence-corrected chi connectivity index (χ0v) is 16.6. The largest absolute Gasteiger partial charge is 0.408 e. The van der Waals surface area contributed by atoms with Gasteiger partial charge in [0.2, 0.25) is 0 Å². The monoisotopic (exact) mass is 468 g/mol. The van der Waals surface area contributed by atoms with Gasteiger partial charge in [0.1, 0.15) is 12.1 Å². The number of nitro benzene ring substituents is 2. The molecule has 0 aromatic heterocycles. The highest BCUT2D eigenvalue weighted by Crippen LogP contribution is 2.37. The molecule has 176 valence electrons. The zero-order valence-electron chi connectivity index (χ0n) is 16.6. The van der Waals surface area contributed by atoms with E-state index in [4.69, 9.17) is 5.73 Å². The lowest BCUT2D eigenvalue weighted by Crippen LogP contribution is -2.33. The molecule has 0 aliphatic heterocycles. The van der Waals surface area contributed by atoms with Crippen LogP contribution < -0.4 is 5.73 Å². The number of nitrogens with two attached hydrogens (primary N) is 1. The Hall–Kier alpha value is -3.26. The fraction of sp³-hybridized carbons (Fsp3) is 0.333. The normalized spacial score (nSPS) is 13.7. The third-order valence-electron chi connectivity index (χ3n) is 4.02. The second-order valence-corrected chi connectivity index (χ2v) is 6.63. The molecule has 2 rings (SSSR count). The third kappa shape index (κ3) is 7.46. The van der Waals surface area contributed by atoms with Crippen molar-refractivity contribution < 1.29 is 36.2 Å². The summed E-state index contributed by atoms with van der Waals surface area (Å²) >= 11 is 0. The molecule has 0 saturated heterocycles. The first kappa shape index (κ1) is 26.8. The molecule has 2 aromatic rings. The van der Waals surface area contributed by atoms with E-state index < -0.39 is 40.0 Å². The molecule has 0 heterocycles. The lowest BCUT2D eigenvalue weighted by atomic mass is 10.1. The van der Waals surface area contributed by atoms with Crippen LogP contribution >= 0.6 is 0 Å². The molecule has 0 spiro atoms. The first-order valence-corrected chi connectivity index (χ1v) is 8.59. The minimum absolute atomic E-state index is 0.142. The van der Waals surface area contributed by atoms with E-state index in [9.17, 15) is 46.6 Å². The van der Waals surface area contributed by atoms with Crippen molar-refractivity contribution in [2.45, 2.75) is 24.4 Å². The Morgan fingerprint density at radius 2 is 1.22 bits per heavy atom. The van der Waals surface area contributed by atoms with Crippen molar-refractivity contribution in [3.05, 3.63) is 79.9 Å². The Bertz CT molecular complexity index is 950. The number of nitro groups is 2. The summed E-state index contributed by atoms with van der Waals surface area (Å²) in [5, 5.41) is 20.8.